The fourth-order valence-electron chi connectivity index (χ4n) is 3.36. The predicted molar refractivity (Wildman–Crippen MR) is 103 cm³/mol. The highest BCUT2D eigenvalue weighted by atomic mass is 16.6. The van der Waals surface area contributed by atoms with Gasteiger partial charge >= 0.3 is 5.69 Å². The molecule has 0 amide bonds. The average Bonchev–Trinajstić information content (AvgIpc) is 2.92. The van der Waals surface area contributed by atoms with Crippen LogP contribution in [0.5, 0.6) is 0 Å². The molecule has 0 saturated heterocycles. The van der Waals surface area contributed by atoms with Crippen LogP contribution >= 0.6 is 0 Å². The van der Waals surface area contributed by atoms with E-state index in [1.54, 1.807) is 0 Å². The van der Waals surface area contributed by atoms with E-state index >= 15 is 0 Å². The van der Waals surface area contributed by atoms with Gasteiger partial charge in [0.25, 0.3) is 5.69 Å². The number of hydrazone groups is 1. The van der Waals surface area contributed by atoms with Crippen LogP contribution in [0.1, 0.15) is 43.6 Å². The predicted octanol–water partition coefficient (Wildman–Crippen LogP) is 5.02. The molecule has 0 unspecified atom stereocenters. The van der Waals surface area contributed by atoms with Gasteiger partial charge in [-0.25, -0.2) is 0 Å². The van der Waals surface area contributed by atoms with Gasteiger partial charge in [0.2, 0.25) is 0 Å². The molecular formula is C19H20N4O4. The van der Waals surface area contributed by atoms with Crippen LogP contribution < -0.4 is 5.43 Å². The topological polar surface area (TPSA) is 111 Å². The largest absolute Gasteiger partial charge is 0.301 e. The normalized spacial score (nSPS) is 18.7. The zero-order valence-corrected chi connectivity index (χ0v) is 14.7. The first kappa shape index (κ1) is 18.5. The van der Waals surface area contributed by atoms with E-state index in [1.165, 1.54) is 17.7 Å². The number of rotatable bonds is 5. The molecule has 0 aliphatic heterocycles. The lowest BCUT2D eigenvalue weighted by Gasteiger charge is -2.17. The van der Waals surface area contributed by atoms with E-state index in [0.29, 0.717) is 0 Å². The molecule has 0 spiro atoms. The van der Waals surface area contributed by atoms with E-state index < -0.39 is 9.85 Å². The number of nitro groups is 2. The van der Waals surface area contributed by atoms with Gasteiger partial charge < -0.3 is 0 Å². The summed E-state index contributed by atoms with van der Waals surface area (Å²) in [4.78, 5) is 20.9. The standard InChI is InChI=1S/C19H20N4O4/c24-22(25)15-11-12-18(19(13-15)23(26)27)21-20-17-10-6-2-5-9-16(17)14-7-3-1-4-8-14/h1,3-4,7-8,11-13,16,21H,2,5-6,9-10H2/b20-17-/t16-/m0/s1. The zero-order chi connectivity index (χ0) is 19.2. The number of nitrogens with zero attached hydrogens (tertiary/aromatic N) is 3. The average molecular weight is 368 g/mol. The molecule has 2 aromatic rings. The van der Waals surface area contributed by atoms with Crippen molar-refractivity contribution in [2.75, 3.05) is 5.43 Å². The van der Waals surface area contributed by atoms with Gasteiger partial charge in [-0.05, 0) is 30.9 Å². The Balaban J connectivity index is 1.90. The van der Waals surface area contributed by atoms with Gasteiger partial charge in [-0.2, -0.15) is 5.10 Å². The monoisotopic (exact) mass is 368 g/mol. The molecule has 1 atom stereocenters. The molecule has 27 heavy (non-hydrogen) atoms. The fraction of sp³-hybridized carbons (Fsp3) is 0.316. The van der Waals surface area contributed by atoms with Crippen molar-refractivity contribution in [1.82, 2.24) is 0 Å². The molecule has 1 fully saturated rings. The van der Waals surface area contributed by atoms with E-state index in [4.69, 9.17) is 0 Å². The maximum atomic E-state index is 11.3. The van der Waals surface area contributed by atoms with Gasteiger partial charge in [-0.3, -0.25) is 25.7 Å². The third-order valence-electron chi connectivity index (χ3n) is 4.74. The Morgan fingerprint density at radius 2 is 1.74 bits per heavy atom. The molecule has 1 N–H and O–H groups in total. The molecule has 0 bridgehead atoms. The molecular weight excluding hydrogens is 348 g/mol. The summed E-state index contributed by atoms with van der Waals surface area (Å²) in [6.45, 7) is 0. The Labute approximate surface area is 156 Å². The molecule has 0 radical (unpaired) electrons. The van der Waals surface area contributed by atoms with E-state index in [2.05, 4.69) is 22.7 Å². The second-order valence-corrected chi connectivity index (χ2v) is 6.49. The Hall–Kier alpha value is -3.29. The number of benzene rings is 2. The third-order valence-corrected chi connectivity index (χ3v) is 4.74. The number of nitro benzene ring substituents is 2. The van der Waals surface area contributed by atoms with Crippen molar-refractivity contribution in [3.8, 4) is 0 Å². The minimum atomic E-state index is -0.653. The maximum Gasteiger partial charge on any atom is 0.301 e. The lowest BCUT2D eigenvalue weighted by atomic mass is 9.90. The van der Waals surface area contributed by atoms with Crippen molar-refractivity contribution in [1.29, 1.82) is 0 Å². The minimum Gasteiger partial charge on any atom is -0.272 e. The summed E-state index contributed by atoms with van der Waals surface area (Å²) in [5.74, 6) is 0.165. The first-order valence-electron chi connectivity index (χ1n) is 8.86. The van der Waals surface area contributed by atoms with Crippen molar-refractivity contribution in [2.45, 2.75) is 38.0 Å². The first-order chi connectivity index (χ1) is 13.1. The van der Waals surface area contributed by atoms with E-state index in [0.717, 1.165) is 43.9 Å². The summed E-state index contributed by atoms with van der Waals surface area (Å²) in [5.41, 5.74) is 4.37. The summed E-state index contributed by atoms with van der Waals surface area (Å²) in [5, 5.41) is 26.6. The number of hydrogen-bond donors (Lipinski definition) is 1. The number of non-ortho nitro benzene ring substituents is 1. The SMILES string of the molecule is O=[N+]([O-])c1ccc(N/N=C2/CCCCC[C@H]2c2ccccc2)c([N+](=O)[O-])c1. The molecule has 1 saturated carbocycles. The Kier molecular flexibility index (Phi) is 5.75. The molecule has 1 aliphatic rings. The maximum absolute atomic E-state index is 11.3. The smallest absolute Gasteiger partial charge is 0.272 e. The van der Waals surface area contributed by atoms with Gasteiger partial charge in [0.1, 0.15) is 5.69 Å². The fourth-order valence-corrected chi connectivity index (χ4v) is 3.36. The number of nitrogens with one attached hydrogen (secondary N) is 1. The Morgan fingerprint density at radius 3 is 2.44 bits per heavy atom. The van der Waals surface area contributed by atoms with Crippen LogP contribution in [-0.2, 0) is 0 Å². The van der Waals surface area contributed by atoms with Gasteiger partial charge in [0.05, 0.1) is 15.9 Å². The van der Waals surface area contributed by atoms with Crippen molar-refractivity contribution in [3.05, 3.63) is 74.3 Å². The Bertz CT molecular complexity index is 867. The summed E-state index contributed by atoms with van der Waals surface area (Å²) >= 11 is 0. The molecule has 0 heterocycles. The van der Waals surface area contributed by atoms with Crippen LogP contribution in [0, 0.1) is 20.2 Å². The second-order valence-electron chi connectivity index (χ2n) is 6.49. The van der Waals surface area contributed by atoms with E-state index in [1.807, 2.05) is 18.2 Å². The van der Waals surface area contributed by atoms with Crippen molar-refractivity contribution in [2.24, 2.45) is 5.10 Å². The van der Waals surface area contributed by atoms with Crippen molar-refractivity contribution in [3.63, 3.8) is 0 Å². The van der Waals surface area contributed by atoms with Crippen molar-refractivity contribution >= 4 is 22.8 Å². The van der Waals surface area contributed by atoms with Gasteiger partial charge in [-0.15, -0.1) is 0 Å². The van der Waals surface area contributed by atoms with Crippen LogP contribution in [0.2, 0.25) is 0 Å². The Morgan fingerprint density at radius 1 is 0.963 bits per heavy atom. The highest BCUT2D eigenvalue weighted by Crippen LogP contribution is 2.32. The van der Waals surface area contributed by atoms with Crippen LogP contribution in [0.3, 0.4) is 0 Å². The molecule has 140 valence electrons. The van der Waals surface area contributed by atoms with Gasteiger partial charge in [0.15, 0.2) is 0 Å². The van der Waals surface area contributed by atoms with Crippen LogP contribution in [0.15, 0.2) is 53.6 Å². The molecule has 3 rings (SSSR count). The van der Waals surface area contributed by atoms with Crippen LogP contribution in [-0.4, -0.2) is 15.6 Å². The van der Waals surface area contributed by atoms with Gasteiger partial charge in [0, 0.05) is 17.7 Å². The number of hydrogen-bond acceptors (Lipinski definition) is 6. The molecule has 2 aromatic carbocycles. The zero-order valence-electron chi connectivity index (χ0n) is 14.7. The second kappa shape index (κ2) is 8.39. The summed E-state index contributed by atoms with van der Waals surface area (Å²) in [6, 6.07) is 13.6. The summed E-state index contributed by atoms with van der Waals surface area (Å²) in [7, 11) is 0. The highest BCUT2D eigenvalue weighted by molar-refractivity contribution is 5.92. The molecule has 1 aliphatic carbocycles. The lowest BCUT2D eigenvalue weighted by Crippen LogP contribution is -2.13. The number of anilines is 1. The molecule has 8 heteroatoms. The first-order valence-corrected chi connectivity index (χ1v) is 8.86. The highest BCUT2D eigenvalue weighted by Gasteiger charge is 2.23. The van der Waals surface area contributed by atoms with Crippen molar-refractivity contribution < 1.29 is 9.85 Å². The molecule has 0 aromatic heterocycles. The van der Waals surface area contributed by atoms with Crippen LogP contribution in [0.4, 0.5) is 17.1 Å². The summed E-state index contributed by atoms with van der Waals surface area (Å²) < 4.78 is 0. The molecule has 8 nitrogen and oxygen atoms in total. The minimum absolute atomic E-state index is 0.147. The quantitative estimate of drug-likeness (QED) is 0.452. The van der Waals surface area contributed by atoms with E-state index in [-0.39, 0.29) is 23.0 Å². The lowest BCUT2D eigenvalue weighted by molar-refractivity contribution is -0.393. The third kappa shape index (κ3) is 4.46. The summed E-state index contributed by atoms with van der Waals surface area (Å²) in [6.07, 6.45) is 5.04. The van der Waals surface area contributed by atoms with Gasteiger partial charge in [-0.1, -0.05) is 43.2 Å². The van der Waals surface area contributed by atoms with Crippen LogP contribution in [0.25, 0.3) is 0 Å². The van der Waals surface area contributed by atoms with E-state index in [9.17, 15) is 20.2 Å².